The monoisotopic (exact) mass is 381 g/mol. The average molecular weight is 382 g/mol. The van der Waals surface area contributed by atoms with E-state index >= 15 is 0 Å². The van der Waals surface area contributed by atoms with Gasteiger partial charge in [-0.05, 0) is 42.5 Å². The molecule has 3 rings (SSSR count). The largest absolute Gasteiger partial charge is 0.496 e. The molecule has 0 amide bonds. The van der Waals surface area contributed by atoms with E-state index in [1.807, 2.05) is 12.1 Å². The van der Waals surface area contributed by atoms with Gasteiger partial charge in [-0.25, -0.2) is 4.98 Å². The van der Waals surface area contributed by atoms with Crippen LogP contribution in [0.2, 0.25) is 5.02 Å². The minimum Gasteiger partial charge on any atom is -0.496 e. The molecule has 7 nitrogen and oxygen atoms in total. The van der Waals surface area contributed by atoms with Crippen molar-refractivity contribution in [2.45, 2.75) is 6.61 Å². The van der Waals surface area contributed by atoms with Gasteiger partial charge in [-0.1, -0.05) is 11.6 Å². The van der Waals surface area contributed by atoms with Gasteiger partial charge in [-0.15, -0.1) is 0 Å². The van der Waals surface area contributed by atoms with E-state index in [9.17, 15) is 5.26 Å². The quantitative estimate of drug-likeness (QED) is 0.694. The molecule has 0 radical (unpaired) electrons. The molecular weight excluding hydrogens is 366 g/mol. The van der Waals surface area contributed by atoms with Crippen molar-refractivity contribution in [2.75, 3.05) is 18.6 Å². The lowest BCUT2D eigenvalue weighted by Gasteiger charge is -2.13. The molecule has 136 valence electrons. The Morgan fingerprint density at radius 1 is 1.11 bits per heavy atom. The number of nitrogen functional groups attached to an aromatic ring is 2. The number of hydrogen-bond donors (Lipinski definition) is 2. The fraction of sp³-hybridized carbons (Fsp3) is 0.105. The number of ether oxygens (including phenoxy) is 2. The van der Waals surface area contributed by atoms with Crippen LogP contribution in [-0.2, 0) is 6.61 Å². The zero-order chi connectivity index (χ0) is 19.4. The first-order valence-electron chi connectivity index (χ1n) is 7.90. The minimum absolute atomic E-state index is 0.00344. The van der Waals surface area contributed by atoms with Gasteiger partial charge in [0.05, 0.1) is 12.8 Å². The van der Waals surface area contributed by atoms with Crippen molar-refractivity contribution < 1.29 is 9.47 Å². The van der Waals surface area contributed by atoms with Crippen LogP contribution in [0.3, 0.4) is 0 Å². The number of rotatable bonds is 5. The van der Waals surface area contributed by atoms with E-state index in [2.05, 4.69) is 9.97 Å². The first-order valence-corrected chi connectivity index (χ1v) is 8.28. The summed E-state index contributed by atoms with van der Waals surface area (Å²) in [5.41, 5.74) is 13.4. The lowest BCUT2D eigenvalue weighted by atomic mass is 10.0. The molecule has 4 N–H and O–H groups in total. The van der Waals surface area contributed by atoms with Gasteiger partial charge in [0.25, 0.3) is 0 Å². The summed E-state index contributed by atoms with van der Waals surface area (Å²) in [6, 6.07) is 14.4. The summed E-state index contributed by atoms with van der Waals surface area (Å²) < 4.78 is 11.2. The smallest absolute Gasteiger partial charge is 0.222 e. The third kappa shape index (κ3) is 4.02. The van der Waals surface area contributed by atoms with Crippen LogP contribution >= 0.6 is 11.6 Å². The van der Waals surface area contributed by atoms with Gasteiger partial charge in [0.2, 0.25) is 5.95 Å². The molecular formula is C19H16ClN5O2. The fourth-order valence-electron chi connectivity index (χ4n) is 2.55. The number of aromatic nitrogens is 2. The van der Waals surface area contributed by atoms with Gasteiger partial charge in [-0.3, -0.25) is 0 Å². The molecule has 27 heavy (non-hydrogen) atoms. The summed E-state index contributed by atoms with van der Waals surface area (Å²) in [5.74, 6) is 1.34. The number of hydrogen-bond acceptors (Lipinski definition) is 7. The predicted molar refractivity (Wildman–Crippen MR) is 103 cm³/mol. The van der Waals surface area contributed by atoms with Gasteiger partial charge < -0.3 is 20.9 Å². The Balaban J connectivity index is 1.97. The molecule has 0 fully saturated rings. The predicted octanol–water partition coefficient (Wildman–Crippen LogP) is 3.42. The molecule has 1 heterocycles. The van der Waals surface area contributed by atoms with E-state index in [1.54, 1.807) is 43.5 Å². The van der Waals surface area contributed by atoms with Crippen LogP contribution in [0, 0.1) is 11.3 Å². The Hall–Kier alpha value is -3.50. The van der Waals surface area contributed by atoms with Gasteiger partial charge in [0.1, 0.15) is 35.6 Å². The van der Waals surface area contributed by atoms with E-state index in [0.29, 0.717) is 27.8 Å². The second-order valence-corrected chi connectivity index (χ2v) is 6.01. The van der Waals surface area contributed by atoms with Crippen molar-refractivity contribution in [3.63, 3.8) is 0 Å². The van der Waals surface area contributed by atoms with Crippen LogP contribution in [0.5, 0.6) is 11.5 Å². The maximum Gasteiger partial charge on any atom is 0.222 e. The normalized spacial score (nSPS) is 10.3. The lowest BCUT2D eigenvalue weighted by molar-refractivity contribution is 0.297. The highest BCUT2D eigenvalue weighted by atomic mass is 35.5. The van der Waals surface area contributed by atoms with Crippen molar-refractivity contribution in [3.8, 4) is 28.8 Å². The summed E-state index contributed by atoms with van der Waals surface area (Å²) in [6.45, 7) is 0.247. The standard InChI is InChI=1S/C19H16ClN5O2/c1-26-16-7-2-11(17-15(9-21)18(22)25-19(23)24-17)8-12(16)10-27-14-5-3-13(20)4-6-14/h2-8H,10H2,1H3,(H4,22,23,24,25). The maximum absolute atomic E-state index is 9.38. The molecule has 0 aliphatic carbocycles. The molecule has 0 aliphatic rings. The number of nitriles is 1. The number of halogens is 1. The molecule has 0 aliphatic heterocycles. The third-order valence-electron chi connectivity index (χ3n) is 3.83. The van der Waals surface area contributed by atoms with Crippen molar-refractivity contribution >= 4 is 23.4 Å². The Morgan fingerprint density at radius 3 is 2.52 bits per heavy atom. The lowest BCUT2D eigenvalue weighted by Crippen LogP contribution is -2.05. The Bertz CT molecular complexity index is 1020. The van der Waals surface area contributed by atoms with Crippen LogP contribution in [0.1, 0.15) is 11.1 Å². The van der Waals surface area contributed by atoms with Crippen molar-refractivity contribution in [1.29, 1.82) is 5.26 Å². The van der Waals surface area contributed by atoms with Crippen molar-refractivity contribution in [3.05, 3.63) is 58.6 Å². The molecule has 0 saturated heterocycles. The SMILES string of the molecule is COc1ccc(-c2nc(N)nc(N)c2C#N)cc1COc1ccc(Cl)cc1. The van der Waals surface area contributed by atoms with E-state index in [0.717, 1.165) is 5.56 Å². The zero-order valence-corrected chi connectivity index (χ0v) is 15.2. The second kappa shape index (κ2) is 7.81. The second-order valence-electron chi connectivity index (χ2n) is 5.57. The molecule has 1 aromatic heterocycles. The van der Waals surface area contributed by atoms with Crippen LogP contribution in [0.15, 0.2) is 42.5 Å². The molecule has 0 bridgehead atoms. The molecule has 0 atom stereocenters. The molecule has 0 unspecified atom stereocenters. The molecule has 8 heteroatoms. The highest BCUT2D eigenvalue weighted by Crippen LogP contribution is 2.30. The number of anilines is 2. The number of methoxy groups -OCH3 is 1. The van der Waals surface area contributed by atoms with E-state index in [4.69, 9.17) is 32.5 Å². The van der Waals surface area contributed by atoms with Crippen LogP contribution < -0.4 is 20.9 Å². The molecule has 0 spiro atoms. The van der Waals surface area contributed by atoms with Gasteiger partial charge in [0, 0.05) is 16.1 Å². The third-order valence-corrected chi connectivity index (χ3v) is 4.08. The Labute approximate surface area is 161 Å². The fourth-order valence-corrected chi connectivity index (χ4v) is 2.67. The summed E-state index contributed by atoms with van der Waals surface area (Å²) in [6.07, 6.45) is 0. The molecule has 2 aromatic carbocycles. The van der Waals surface area contributed by atoms with Crippen LogP contribution in [0.4, 0.5) is 11.8 Å². The summed E-state index contributed by atoms with van der Waals surface area (Å²) in [7, 11) is 1.57. The minimum atomic E-state index is -0.00344. The van der Waals surface area contributed by atoms with E-state index in [-0.39, 0.29) is 23.9 Å². The first-order chi connectivity index (χ1) is 13.0. The number of nitrogens with zero attached hydrogens (tertiary/aromatic N) is 3. The molecule has 0 saturated carbocycles. The van der Waals surface area contributed by atoms with Crippen molar-refractivity contribution in [1.82, 2.24) is 9.97 Å². The summed E-state index contributed by atoms with van der Waals surface area (Å²) >= 11 is 5.88. The highest BCUT2D eigenvalue weighted by molar-refractivity contribution is 6.30. The van der Waals surface area contributed by atoms with Crippen LogP contribution in [-0.4, -0.2) is 17.1 Å². The molecule has 3 aromatic rings. The number of nitrogens with two attached hydrogens (primary N) is 2. The van der Waals surface area contributed by atoms with Gasteiger partial charge in [-0.2, -0.15) is 10.2 Å². The summed E-state index contributed by atoms with van der Waals surface area (Å²) in [5, 5.41) is 10.0. The Kier molecular flexibility index (Phi) is 5.29. The highest BCUT2D eigenvalue weighted by Gasteiger charge is 2.15. The van der Waals surface area contributed by atoms with Crippen LogP contribution in [0.25, 0.3) is 11.3 Å². The van der Waals surface area contributed by atoms with Gasteiger partial charge >= 0.3 is 0 Å². The van der Waals surface area contributed by atoms with Gasteiger partial charge in [0.15, 0.2) is 0 Å². The Morgan fingerprint density at radius 2 is 1.85 bits per heavy atom. The van der Waals surface area contributed by atoms with Crippen molar-refractivity contribution in [2.24, 2.45) is 0 Å². The topological polar surface area (TPSA) is 120 Å². The maximum atomic E-state index is 9.38. The zero-order valence-electron chi connectivity index (χ0n) is 14.4. The van der Waals surface area contributed by atoms with E-state index in [1.165, 1.54) is 0 Å². The number of benzene rings is 2. The summed E-state index contributed by atoms with van der Waals surface area (Å²) in [4.78, 5) is 8.00. The van der Waals surface area contributed by atoms with E-state index < -0.39 is 0 Å². The first kappa shape index (κ1) is 18.3. The average Bonchev–Trinajstić information content (AvgIpc) is 2.66.